The first kappa shape index (κ1) is 20.9. The molecule has 2 aromatic carbocycles. The van der Waals surface area contributed by atoms with Gasteiger partial charge in [0.25, 0.3) is 0 Å². The topological polar surface area (TPSA) is 59.7 Å². The fourth-order valence-corrected chi connectivity index (χ4v) is 4.69. The summed E-state index contributed by atoms with van der Waals surface area (Å²) in [6.07, 6.45) is 3.86. The van der Waals surface area contributed by atoms with Crippen LogP contribution in [-0.4, -0.2) is 17.7 Å². The number of benzene rings is 2. The predicted molar refractivity (Wildman–Crippen MR) is 117 cm³/mol. The van der Waals surface area contributed by atoms with Gasteiger partial charge in [-0.3, -0.25) is 4.79 Å². The molecular formula is C22H22Br2O4. The van der Waals surface area contributed by atoms with Gasteiger partial charge in [-0.15, -0.1) is 0 Å². The average Bonchev–Trinajstić information content (AvgIpc) is 2.99. The van der Waals surface area contributed by atoms with Gasteiger partial charge in [0.15, 0.2) is 0 Å². The maximum Gasteiger partial charge on any atom is 0.306 e. The van der Waals surface area contributed by atoms with Gasteiger partial charge in [-0.05, 0) is 62.0 Å². The molecule has 0 atom stereocenters. The largest absolute Gasteiger partial charge is 0.491 e. The molecule has 1 aromatic heterocycles. The second-order valence-corrected chi connectivity index (χ2v) is 8.37. The Morgan fingerprint density at radius 1 is 1.18 bits per heavy atom. The van der Waals surface area contributed by atoms with Crippen LogP contribution in [0.15, 0.2) is 49.8 Å². The number of carbonyl (C=O) groups is 1. The number of halogens is 2. The van der Waals surface area contributed by atoms with Crippen LogP contribution < -0.4 is 4.74 Å². The molecule has 0 radical (unpaired) electrons. The summed E-state index contributed by atoms with van der Waals surface area (Å²) in [4.78, 5) is 10.7. The molecule has 0 aliphatic heterocycles. The van der Waals surface area contributed by atoms with Crippen LogP contribution in [-0.2, 0) is 17.6 Å². The highest BCUT2D eigenvalue weighted by Crippen LogP contribution is 2.37. The SMILES string of the molecule is CCCCc1oc2ccccc2c1Cc1cc(Br)c(OCCC(=O)O)c(Br)c1. The number of fused-ring (bicyclic) bond motifs is 1. The van der Waals surface area contributed by atoms with Crippen molar-refractivity contribution in [3.8, 4) is 5.75 Å². The number of furan rings is 1. The molecule has 28 heavy (non-hydrogen) atoms. The summed E-state index contributed by atoms with van der Waals surface area (Å²) in [5.41, 5.74) is 3.27. The van der Waals surface area contributed by atoms with Crippen molar-refractivity contribution in [2.75, 3.05) is 6.61 Å². The molecule has 3 aromatic rings. The van der Waals surface area contributed by atoms with Crippen molar-refractivity contribution >= 4 is 48.8 Å². The summed E-state index contributed by atoms with van der Waals surface area (Å²) in [5, 5.41) is 9.93. The summed E-state index contributed by atoms with van der Waals surface area (Å²) in [7, 11) is 0. The van der Waals surface area contributed by atoms with Crippen LogP contribution in [0.2, 0.25) is 0 Å². The van der Waals surface area contributed by atoms with Gasteiger partial charge in [0.05, 0.1) is 22.0 Å². The number of hydrogen-bond donors (Lipinski definition) is 1. The second kappa shape index (κ2) is 9.61. The second-order valence-electron chi connectivity index (χ2n) is 6.66. The molecule has 0 saturated carbocycles. The number of hydrogen-bond acceptors (Lipinski definition) is 3. The van der Waals surface area contributed by atoms with Crippen LogP contribution in [0.4, 0.5) is 0 Å². The zero-order valence-electron chi connectivity index (χ0n) is 15.6. The van der Waals surface area contributed by atoms with E-state index >= 15 is 0 Å². The summed E-state index contributed by atoms with van der Waals surface area (Å²) < 4.78 is 13.3. The Hall–Kier alpha value is -1.79. The quantitative estimate of drug-likeness (QED) is 0.346. The Morgan fingerprint density at radius 2 is 1.89 bits per heavy atom. The zero-order valence-corrected chi connectivity index (χ0v) is 18.8. The third-order valence-electron chi connectivity index (χ3n) is 4.54. The van der Waals surface area contributed by atoms with E-state index in [9.17, 15) is 4.79 Å². The van der Waals surface area contributed by atoms with Crippen molar-refractivity contribution in [1.82, 2.24) is 0 Å². The van der Waals surface area contributed by atoms with E-state index in [1.54, 1.807) is 0 Å². The summed E-state index contributed by atoms with van der Waals surface area (Å²) in [6.45, 7) is 2.30. The van der Waals surface area contributed by atoms with Crippen molar-refractivity contribution in [2.45, 2.75) is 39.0 Å². The molecule has 0 saturated heterocycles. The zero-order chi connectivity index (χ0) is 20.1. The van der Waals surface area contributed by atoms with E-state index < -0.39 is 5.97 Å². The fourth-order valence-electron chi connectivity index (χ4n) is 3.18. The Kier molecular flexibility index (Phi) is 7.18. The van der Waals surface area contributed by atoms with Crippen molar-refractivity contribution in [3.63, 3.8) is 0 Å². The molecule has 0 aliphatic rings. The first-order chi connectivity index (χ1) is 13.5. The van der Waals surface area contributed by atoms with Gasteiger partial charge in [-0.2, -0.15) is 0 Å². The van der Waals surface area contributed by atoms with Gasteiger partial charge in [0.1, 0.15) is 17.1 Å². The lowest BCUT2D eigenvalue weighted by Gasteiger charge is -2.12. The monoisotopic (exact) mass is 508 g/mol. The van der Waals surface area contributed by atoms with Crippen LogP contribution in [0.3, 0.4) is 0 Å². The van der Waals surface area contributed by atoms with E-state index in [4.69, 9.17) is 14.3 Å². The summed E-state index contributed by atoms with van der Waals surface area (Å²) in [6, 6.07) is 12.2. The number of unbranched alkanes of at least 4 members (excludes halogenated alkanes) is 1. The molecule has 3 rings (SSSR count). The number of carboxylic acids is 1. The van der Waals surface area contributed by atoms with Gasteiger partial charge in [0, 0.05) is 23.8 Å². The minimum absolute atomic E-state index is 0.0393. The van der Waals surface area contributed by atoms with E-state index in [1.165, 1.54) is 5.56 Å². The molecular weight excluding hydrogens is 488 g/mol. The molecule has 4 nitrogen and oxygen atoms in total. The fraction of sp³-hybridized carbons (Fsp3) is 0.318. The van der Waals surface area contributed by atoms with Crippen LogP contribution >= 0.6 is 31.9 Å². The maximum absolute atomic E-state index is 10.7. The Morgan fingerprint density at radius 3 is 2.57 bits per heavy atom. The summed E-state index contributed by atoms with van der Waals surface area (Å²) >= 11 is 7.11. The van der Waals surface area contributed by atoms with Crippen molar-refractivity contribution in [2.24, 2.45) is 0 Å². The predicted octanol–water partition coefficient (Wildman–Crippen LogP) is 6.74. The van der Waals surface area contributed by atoms with Gasteiger partial charge in [-0.1, -0.05) is 31.5 Å². The lowest BCUT2D eigenvalue weighted by molar-refractivity contribution is -0.137. The molecule has 0 unspecified atom stereocenters. The minimum Gasteiger partial charge on any atom is -0.491 e. The van der Waals surface area contributed by atoms with Crippen LogP contribution in [0.1, 0.15) is 43.1 Å². The molecule has 0 spiro atoms. The van der Waals surface area contributed by atoms with Crippen molar-refractivity contribution in [3.05, 3.63) is 62.2 Å². The van der Waals surface area contributed by atoms with E-state index in [-0.39, 0.29) is 13.0 Å². The number of carboxylic acid groups (broad SMARTS) is 1. The molecule has 148 valence electrons. The Labute approximate surface area is 181 Å². The van der Waals surface area contributed by atoms with Gasteiger partial charge < -0.3 is 14.3 Å². The van der Waals surface area contributed by atoms with Crippen LogP contribution in [0, 0.1) is 0 Å². The molecule has 0 bridgehead atoms. The van der Waals surface area contributed by atoms with Crippen LogP contribution in [0.25, 0.3) is 11.0 Å². The number of para-hydroxylation sites is 1. The Balaban J connectivity index is 1.88. The van der Waals surface area contributed by atoms with E-state index in [2.05, 4.69) is 44.8 Å². The van der Waals surface area contributed by atoms with Crippen molar-refractivity contribution < 1.29 is 19.1 Å². The van der Waals surface area contributed by atoms with Gasteiger partial charge >= 0.3 is 5.97 Å². The number of aryl methyl sites for hydroxylation is 1. The Bertz CT molecular complexity index is 955. The average molecular weight is 510 g/mol. The maximum atomic E-state index is 10.7. The van der Waals surface area contributed by atoms with E-state index in [0.29, 0.717) is 5.75 Å². The van der Waals surface area contributed by atoms with E-state index in [1.807, 2.05) is 30.3 Å². The normalized spacial score (nSPS) is 11.1. The lowest BCUT2D eigenvalue weighted by atomic mass is 9.99. The summed E-state index contributed by atoms with van der Waals surface area (Å²) in [5.74, 6) is 0.792. The lowest BCUT2D eigenvalue weighted by Crippen LogP contribution is -2.05. The number of ether oxygens (including phenoxy) is 1. The molecule has 6 heteroatoms. The molecule has 1 heterocycles. The van der Waals surface area contributed by atoms with Gasteiger partial charge in [0.2, 0.25) is 0 Å². The highest BCUT2D eigenvalue weighted by molar-refractivity contribution is 9.11. The molecule has 1 N–H and O–H groups in total. The third kappa shape index (κ3) is 4.97. The number of rotatable bonds is 9. The van der Waals surface area contributed by atoms with Gasteiger partial charge in [-0.25, -0.2) is 0 Å². The molecule has 0 fully saturated rings. The standard InChI is InChI=1S/C22H22Br2O4/c1-2-3-7-20-16(15-6-4-5-8-19(15)28-20)11-14-12-17(23)22(18(24)13-14)27-10-9-21(25)26/h4-6,8,12-13H,2-3,7,9-11H2,1H3,(H,25,26). The van der Waals surface area contributed by atoms with Crippen LogP contribution in [0.5, 0.6) is 5.75 Å². The molecule has 0 aliphatic carbocycles. The van der Waals surface area contributed by atoms with Crippen molar-refractivity contribution in [1.29, 1.82) is 0 Å². The third-order valence-corrected chi connectivity index (χ3v) is 5.72. The first-order valence-electron chi connectivity index (χ1n) is 9.31. The molecule has 0 amide bonds. The highest BCUT2D eigenvalue weighted by Gasteiger charge is 2.16. The van der Waals surface area contributed by atoms with E-state index in [0.717, 1.165) is 56.9 Å². The highest BCUT2D eigenvalue weighted by atomic mass is 79.9. The smallest absolute Gasteiger partial charge is 0.306 e. The number of aliphatic carboxylic acids is 1. The first-order valence-corrected chi connectivity index (χ1v) is 10.9. The minimum atomic E-state index is -0.879.